The van der Waals surface area contributed by atoms with E-state index in [4.69, 9.17) is 23.2 Å². The Labute approximate surface area is 248 Å². The standard InChI is InChI=1S/C32H39Cl2N5O/c1-23(40)36-20-24-6-10-38(11-7-24)22-26-14-25(15-27(16-26)28-17-29(33)19-30(34)18-28)21-37-31-2-4-32(5-3-31)39-12-8-35-9-13-39/h2-5,14-19,24,35,37H,6-13,20-22H2,1H3,(H,36,40). The Hall–Kier alpha value is -2.77. The number of nitrogens with zero attached hydrogens (tertiary/aromatic N) is 2. The number of rotatable bonds is 9. The summed E-state index contributed by atoms with van der Waals surface area (Å²) in [5, 5.41) is 11.3. The molecular weight excluding hydrogens is 541 g/mol. The van der Waals surface area contributed by atoms with E-state index < -0.39 is 0 Å². The van der Waals surface area contributed by atoms with Crippen molar-refractivity contribution in [2.24, 2.45) is 5.92 Å². The summed E-state index contributed by atoms with van der Waals surface area (Å²) in [7, 11) is 0. The van der Waals surface area contributed by atoms with E-state index in [-0.39, 0.29) is 5.91 Å². The van der Waals surface area contributed by atoms with Gasteiger partial charge in [0.15, 0.2) is 0 Å². The number of anilines is 2. The molecule has 40 heavy (non-hydrogen) atoms. The first-order chi connectivity index (χ1) is 19.4. The molecule has 2 aliphatic heterocycles. The van der Waals surface area contributed by atoms with Gasteiger partial charge in [0.25, 0.3) is 0 Å². The van der Waals surface area contributed by atoms with Crippen LogP contribution in [0.4, 0.5) is 11.4 Å². The zero-order valence-corrected chi connectivity index (χ0v) is 24.7. The minimum Gasteiger partial charge on any atom is -0.381 e. The molecule has 0 saturated carbocycles. The number of amides is 1. The Morgan fingerprint density at radius 1 is 0.875 bits per heavy atom. The van der Waals surface area contributed by atoms with Gasteiger partial charge in [-0.25, -0.2) is 0 Å². The fourth-order valence-corrected chi connectivity index (χ4v) is 6.18. The van der Waals surface area contributed by atoms with Gasteiger partial charge in [0, 0.05) is 74.2 Å². The molecule has 0 unspecified atom stereocenters. The molecule has 0 aromatic heterocycles. The van der Waals surface area contributed by atoms with Crippen molar-refractivity contribution in [1.82, 2.24) is 15.5 Å². The average Bonchev–Trinajstić information content (AvgIpc) is 2.96. The van der Waals surface area contributed by atoms with Crippen LogP contribution in [0.1, 0.15) is 30.9 Å². The van der Waals surface area contributed by atoms with Gasteiger partial charge in [-0.2, -0.15) is 0 Å². The predicted molar refractivity (Wildman–Crippen MR) is 167 cm³/mol. The zero-order valence-electron chi connectivity index (χ0n) is 23.2. The van der Waals surface area contributed by atoms with Crippen LogP contribution in [0.3, 0.4) is 0 Å². The number of nitrogens with one attached hydrogen (secondary N) is 3. The van der Waals surface area contributed by atoms with Gasteiger partial charge in [0.2, 0.25) is 5.91 Å². The second-order valence-electron chi connectivity index (χ2n) is 11.0. The molecule has 5 rings (SSSR count). The molecule has 0 aliphatic carbocycles. The molecule has 0 bridgehead atoms. The minimum absolute atomic E-state index is 0.0528. The average molecular weight is 581 g/mol. The van der Waals surface area contributed by atoms with Gasteiger partial charge in [0.05, 0.1) is 0 Å². The quantitative estimate of drug-likeness (QED) is 0.289. The normalized spacial score (nSPS) is 16.6. The monoisotopic (exact) mass is 579 g/mol. The van der Waals surface area contributed by atoms with Gasteiger partial charge in [-0.1, -0.05) is 29.3 Å². The molecule has 3 N–H and O–H groups in total. The largest absolute Gasteiger partial charge is 0.381 e. The summed E-state index contributed by atoms with van der Waals surface area (Å²) in [5.74, 6) is 0.606. The third-order valence-corrected chi connectivity index (χ3v) is 8.28. The second kappa shape index (κ2) is 13.7. The summed E-state index contributed by atoms with van der Waals surface area (Å²) in [4.78, 5) is 16.2. The minimum atomic E-state index is 0.0528. The first-order valence-electron chi connectivity index (χ1n) is 14.3. The van der Waals surface area contributed by atoms with E-state index in [0.717, 1.165) is 88.6 Å². The van der Waals surface area contributed by atoms with Crippen molar-refractivity contribution < 1.29 is 4.79 Å². The van der Waals surface area contributed by atoms with Crippen LogP contribution in [0.2, 0.25) is 10.0 Å². The number of likely N-dealkylation sites (tertiary alicyclic amines) is 1. The molecule has 0 atom stereocenters. The first kappa shape index (κ1) is 28.7. The van der Waals surface area contributed by atoms with Gasteiger partial charge in [-0.15, -0.1) is 0 Å². The lowest BCUT2D eigenvalue weighted by Gasteiger charge is -2.32. The number of hydrogen-bond acceptors (Lipinski definition) is 5. The zero-order chi connectivity index (χ0) is 27.9. The van der Waals surface area contributed by atoms with Gasteiger partial charge >= 0.3 is 0 Å². The fraction of sp³-hybridized carbons (Fsp3) is 0.406. The number of halogens is 2. The molecule has 0 radical (unpaired) electrons. The van der Waals surface area contributed by atoms with Crippen LogP contribution in [0.5, 0.6) is 0 Å². The molecule has 1 amide bonds. The number of hydrogen-bond donors (Lipinski definition) is 3. The Balaban J connectivity index is 1.29. The highest BCUT2D eigenvalue weighted by molar-refractivity contribution is 6.35. The van der Waals surface area contributed by atoms with Crippen molar-refractivity contribution in [3.63, 3.8) is 0 Å². The number of carbonyl (C=O) groups is 1. The first-order valence-corrected chi connectivity index (χ1v) is 15.0. The van der Waals surface area contributed by atoms with E-state index in [9.17, 15) is 4.79 Å². The van der Waals surface area contributed by atoms with Crippen LogP contribution in [-0.4, -0.2) is 56.6 Å². The third-order valence-electron chi connectivity index (χ3n) is 7.85. The van der Waals surface area contributed by atoms with Gasteiger partial charge < -0.3 is 20.9 Å². The van der Waals surface area contributed by atoms with E-state index in [0.29, 0.717) is 16.0 Å². The van der Waals surface area contributed by atoms with E-state index >= 15 is 0 Å². The van der Waals surface area contributed by atoms with Crippen molar-refractivity contribution >= 4 is 40.5 Å². The maximum absolute atomic E-state index is 11.3. The summed E-state index contributed by atoms with van der Waals surface area (Å²) in [6, 6.07) is 21.3. The second-order valence-corrected chi connectivity index (χ2v) is 11.9. The number of benzene rings is 3. The molecule has 0 spiro atoms. The fourth-order valence-electron chi connectivity index (χ4n) is 5.66. The van der Waals surface area contributed by atoms with Crippen molar-refractivity contribution in [3.8, 4) is 11.1 Å². The number of piperidine rings is 1. The highest BCUT2D eigenvalue weighted by atomic mass is 35.5. The lowest BCUT2D eigenvalue weighted by atomic mass is 9.95. The highest BCUT2D eigenvalue weighted by Crippen LogP contribution is 2.30. The molecule has 2 heterocycles. The molecule has 3 aromatic rings. The predicted octanol–water partition coefficient (Wildman–Crippen LogP) is 6.03. The van der Waals surface area contributed by atoms with Crippen molar-refractivity contribution in [1.29, 1.82) is 0 Å². The van der Waals surface area contributed by atoms with E-state index in [2.05, 4.69) is 68.2 Å². The van der Waals surface area contributed by atoms with Gasteiger partial charge in [0.1, 0.15) is 0 Å². The topological polar surface area (TPSA) is 59.6 Å². The van der Waals surface area contributed by atoms with Gasteiger partial charge in [-0.05, 0) is 109 Å². The summed E-state index contributed by atoms with van der Waals surface area (Å²) >= 11 is 12.7. The highest BCUT2D eigenvalue weighted by Gasteiger charge is 2.20. The molecule has 6 nitrogen and oxygen atoms in total. The van der Waals surface area contributed by atoms with Crippen molar-refractivity contribution in [2.75, 3.05) is 56.0 Å². The lowest BCUT2D eigenvalue weighted by Crippen LogP contribution is -2.43. The van der Waals surface area contributed by atoms with E-state index in [1.54, 1.807) is 13.0 Å². The molecular formula is C32H39Cl2N5O. The summed E-state index contributed by atoms with van der Waals surface area (Å²) in [6.07, 6.45) is 2.20. The van der Waals surface area contributed by atoms with E-state index in [1.807, 2.05) is 12.1 Å². The smallest absolute Gasteiger partial charge is 0.216 e. The molecule has 8 heteroatoms. The van der Waals surface area contributed by atoms with Gasteiger partial charge in [-0.3, -0.25) is 9.69 Å². The Morgan fingerprint density at radius 2 is 1.52 bits per heavy atom. The maximum atomic E-state index is 11.3. The van der Waals surface area contributed by atoms with Crippen LogP contribution < -0.4 is 20.9 Å². The Kier molecular flexibility index (Phi) is 9.87. The molecule has 2 saturated heterocycles. The molecule has 2 fully saturated rings. The Bertz CT molecular complexity index is 1260. The number of piperazine rings is 1. The van der Waals surface area contributed by atoms with E-state index in [1.165, 1.54) is 16.8 Å². The number of carbonyl (C=O) groups excluding carboxylic acids is 1. The van der Waals surface area contributed by atoms with Crippen LogP contribution in [-0.2, 0) is 17.9 Å². The van der Waals surface area contributed by atoms with Crippen LogP contribution >= 0.6 is 23.2 Å². The van der Waals surface area contributed by atoms with Crippen LogP contribution in [0, 0.1) is 5.92 Å². The van der Waals surface area contributed by atoms with Crippen molar-refractivity contribution in [2.45, 2.75) is 32.9 Å². The lowest BCUT2D eigenvalue weighted by molar-refractivity contribution is -0.119. The summed E-state index contributed by atoms with van der Waals surface area (Å²) in [5.41, 5.74) is 7.02. The Morgan fingerprint density at radius 3 is 2.20 bits per heavy atom. The third kappa shape index (κ3) is 8.14. The van der Waals surface area contributed by atoms with Crippen LogP contribution in [0.15, 0.2) is 60.7 Å². The van der Waals surface area contributed by atoms with Crippen LogP contribution in [0.25, 0.3) is 11.1 Å². The molecule has 212 valence electrons. The SMILES string of the molecule is CC(=O)NCC1CCN(Cc2cc(CNc3ccc(N4CCNCC4)cc3)cc(-c3cc(Cl)cc(Cl)c3)c2)CC1. The van der Waals surface area contributed by atoms with Crippen molar-refractivity contribution in [3.05, 3.63) is 81.8 Å². The maximum Gasteiger partial charge on any atom is 0.216 e. The summed E-state index contributed by atoms with van der Waals surface area (Å²) in [6.45, 7) is 10.2. The molecule has 3 aromatic carbocycles. The molecule has 2 aliphatic rings. The summed E-state index contributed by atoms with van der Waals surface area (Å²) < 4.78 is 0.